The van der Waals surface area contributed by atoms with E-state index in [-0.39, 0.29) is 6.61 Å². The molecular weight excluding hydrogens is 362 g/mol. The molecule has 29 heavy (non-hydrogen) atoms. The molecule has 0 bridgehead atoms. The zero-order valence-electron chi connectivity index (χ0n) is 18.0. The second kappa shape index (κ2) is 8.56. The molecule has 4 heteroatoms. The molecule has 2 aromatic rings. The van der Waals surface area contributed by atoms with E-state index >= 15 is 0 Å². The molecule has 154 valence electrons. The highest BCUT2D eigenvalue weighted by molar-refractivity contribution is 5.67. The summed E-state index contributed by atoms with van der Waals surface area (Å²) in [6.07, 6.45) is -1.09. The van der Waals surface area contributed by atoms with Crippen molar-refractivity contribution in [3.8, 4) is 5.75 Å². The molecule has 1 amide bonds. The van der Waals surface area contributed by atoms with Crippen molar-refractivity contribution >= 4 is 17.2 Å². The molecule has 1 unspecified atom stereocenters. The van der Waals surface area contributed by atoms with Gasteiger partial charge in [-0.3, -0.25) is 0 Å². The summed E-state index contributed by atoms with van der Waals surface area (Å²) in [6.45, 7) is 18.0. The number of benzene rings is 2. The smallest absolute Gasteiger partial charge is 0.405 e. The van der Waals surface area contributed by atoms with E-state index in [9.17, 15) is 9.90 Å². The topological polar surface area (TPSA) is 58.6 Å². The molecular formula is C25H31NO3. The second-order valence-corrected chi connectivity index (χ2v) is 8.35. The average Bonchev–Trinajstić information content (AvgIpc) is 2.66. The van der Waals surface area contributed by atoms with E-state index in [0.29, 0.717) is 5.75 Å². The van der Waals surface area contributed by atoms with Crippen molar-refractivity contribution in [3.05, 3.63) is 78.4 Å². The van der Waals surface area contributed by atoms with Crippen LogP contribution < -0.4 is 10.1 Å². The van der Waals surface area contributed by atoms with E-state index in [1.807, 2.05) is 77.1 Å². The molecule has 1 atom stereocenters. The Morgan fingerprint density at radius 2 is 1.55 bits per heavy atom. The normalized spacial score (nSPS) is 13.3. The third-order valence-electron chi connectivity index (χ3n) is 5.69. The molecule has 0 radical (unpaired) electrons. The van der Waals surface area contributed by atoms with Gasteiger partial charge >= 0.3 is 6.09 Å². The SMILES string of the molecule is C=C(C)c1cccc(OCC(C)(NC(=O)O)C(C)(C)c2cccc(C(=C)C)c2)c1. The number of rotatable bonds is 8. The first kappa shape index (κ1) is 22.3. The van der Waals surface area contributed by atoms with Crippen LogP contribution in [0.3, 0.4) is 0 Å². The summed E-state index contributed by atoms with van der Waals surface area (Å²) in [5.74, 6) is 0.676. The maximum Gasteiger partial charge on any atom is 0.405 e. The lowest BCUT2D eigenvalue weighted by atomic mass is 9.68. The predicted octanol–water partition coefficient (Wildman–Crippen LogP) is 6.14. The highest BCUT2D eigenvalue weighted by Crippen LogP contribution is 2.37. The molecule has 2 rings (SSSR count). The maximum atomic E-state index is 11.6. The highest BCUT2D eigenvalue weighted by Gasteiger charge is 2.44. The minimum absolute atomic E-state index is 0.170. The number of hydrogen-bond acceptors (Lipinski definition) is 2. The van der Waals surface area contributed by atoms with Crippen LogP contribution in [0.1, 0.15) is 51.3 Å². The van der Waals surface area contributed by atoms with Crippen LogP contribution in [0, 0.1) is 0 Å². The molecule has 2 N–H and O–H groups in total. The maximum absolute atomic E-state index is 11.6. The summed E-state index contributed by atoms with van der Waals surface area (Å²) in [7, 11) is 0. The van der Waals surface area contributed by atoms with Gasteiger partial charge in [-0.05, 0) is 49.6 Å². The fourth-order valence-corrected chi connectivity index (χ4v) is 3.18. The summed E-state index contributed by atoms with van der Waals surface area (Å²) in [5.41, 5.74) is 3.50. The van der Waals surface area contributed by atoms with E-state index in [1.165, 1.54) is 0 Å². The Kier molecular flexibility index (Phi) is 6.58. The molecule has 0 spiro atoms. The first-order valence-corrected chi connectivity index (χ1v) is 9.62. The number of hydrogen-bond donors (Lipinski definition) is 2. The van der Waals surface area contributed by atoms with Crippen molar-refractivity contribution in [1.82, 2.24) is 5.32 Å². The van der Waals surface area contributed by atoms with E-state index < -0.39 is 17.0 Å². The third-order valence-corrected chi connectivity index (χ3v) is 5.69. The Labute approximate surface area is 173 Å². The lowest BCUT2D eigenvalue weighted by Gasteiger charge is -2.44. The van der Waals surface area contributed by atoms with Crippen molar-refractivity contribution < 1.29 is 14.6 Å². The second-order valence-electron chi connectivity index (χ2n) is 8.35. The number of carbonyl (C=O) groups is 1. The molecule has 2 aromatic carbocycles. The summed E-state index contributed by atoms with van der Waals surface area (Å²) in [5, 5.41) is 12.2. The largest absolute Gasteiger partial charge is 0.491 e. The standard InChI is InChI=1S/C25H31NO3/c1-17(2)19-10-8-12-21(14-19)24(5,6)25(7,26-23(27)28)16-29-22-13-9-11-20(15-22)18(3)4/h8-15,26H,1,3,16H2,2,4-7H3,(H,27,28). The van der Waals surface area contributed by atoms with Crippen molar-refractivity contribution in [2.75, 3.05) is 6.61 Å². The van der Waals surface area contributed by atoms with Gasteiger partial charge in [-0.1, -0.05) is 74.5 Å². The average molecular weight is 394 g/mol. The summed E-state index contributed by atoms with van der Waals surface area (Å²) < 4.78 is 6.06. The Bertz CT molecular complexity index is 929. The van der Waals surface area contributed by atoms with E-state index in [0.717, 1.165) is 27.8 Å². The fourth-order valence-electron chi connectivity index (χ4n) is 3.18. The summed E-state index contributed by atoms with van der Waals surface area (Å²) in [4.78, 5) is 11.6. The zero-order chi connectivity index (χ0) is 21.8. The Morgan fingerprint density at radius 1 is 1.00 bits per heavy atom. The summed E-state index contributed by atoms with van der Waals surface area (Å²) in [6, 6.07) is 15.7. The molecule has 0 saturated heterocycles. The first-order valence-electron chi connectivity index (χ1n) is 9.62. The van der Waals surface area contributed by atoms with Crippen LogP contribution in [0.4, 0.5) is 4.79 Å². The van der Waals surface area contributed by atoms with Crippen molar-refractivity contribution in [2.24, 2.45) is 0 Å². The first-order chi connectivity index (χ1) is 13.5. The van der Waals surface area contributed by atoms with Gasteiger partial charge in [-0.25, -0.2) is 4.79 Å². The number of nitrogens with one attached hydrogen (secondary N) is 1. The van der Waals surface area contributed by atoms with Crippen molar-refractivity contribution in [3.63, 3.8) is 0 Å². The van der Waals surface area contributed by atoms with Crippen LogP contribution in [0.5, 0.6) is 5.75 Å². The Hall–Kier alpha value is -3.01. The quantitative estimate of drug-likeness (QED) is 0.567. The van der Waals surface area contributed by atoms with Gasteiger partial charge in [0.15, 0.2) is 0 Å². The van der Waals surface area contributed by atoms with E-state index in [1.54, 1.807) is 0 Å². The number of amides is 1. The number of ether oxygens (including phenoxy) is 1. The van der Waals surface area contributed by atoms with Crippen molar-refractivity contribution in [1.29, 1.82) is 0 Å². The van der Waals surface area contributed by atoms with Crippen LogP contribution in [0.25, 0.3) is 11.1 Å². The van der Waals surface area contributed by atoms with Gasteiger partial charge in [0.1, 0.15) is 12.4 Å². The predicted molar refractivity (Wildman–Crippen MR) is 120 cm³/mol. The zero-order valence-corrected chi connectivity index (χ0v) is 18.0. The fraction of sp³-hybridized carbons (Fsp3) is 0.320. The summed E-state index contributed by atoms with van der Waals surface area (Å²) >= 11 is 0. The monoisotopic (exact) mass is 393 g/mol. The third kappa shape index (κ3) is 5.08. The molecule has 0 aliphatic carbocycles. The van der Waals surface area contributed by atoms with Crippen LogP contribution >= 0.6 is 0 Å². The van der Waals surface area contributed by atoms with Gasteiger partial charge < -0.3 is 15.2 Å². The van der Waals surface area contributed by atoms with Crippen molar-refractivity contribution in [2.45, 2.75) is 45.6 Å². The minimum atomic E-state index is -1.09. The van der Waals surface area contributed by atoms with Crippen LogP contribution in [0.2, 0.25) is 0 Å². The molecule has 4 nitrogen and oxygen atoms in total. The van der Waals surface area contributed by atoms with Gasteiger partial charge in [0.25, 0.3) is 0 Å². The molecule has 0 fully saturated rings. The lowest BCUT2D eigenvalue weighted by Crippen LogP contribution is -2.61. The molecule has 0 heterocycles. The van der Waals surface area contributed by atoms with Crippen LogP contribution in [-0.2, 0) is 5.41 Å². The molecule has 0 aliphatic rings. The van der Waals surface area contributed by atoms with Gasteiger partial charge in [0.05, 0.1) is 5.54 Å². The van der Waals surface area contributed by atoms with Crippen LogP contribution in [-0.4, -0.2) is 23.3 Å². The van der Waals surface area contributed by atoms with Gasteiger partial charge in [-0.15, -0.1) is 0 Å². The highest BCUT2D eigenvalue weighted by atomic mass is 16.5. The Morgan fingerprint density at radius 3 is 2.10 bits per heavy atom. The van der Waals surface area contributed by atoms with E-state index in [2.05, 4.69) is 24.5 Å². The van der Waals surface area contributed by atoms with E-state index in [4.69, 9.17) is 4.74 Å². The van der Waals surface area contributed by atoms with Gasteiger partial charge in [0.2, 0.25) is 0 Å². The number of allylic oxidation sites excluding steroid dienone is 2. The minimum Gasteiger partial charge on any atom is -0.491 e. The lowest BCUT2D eigenvalue weighted by molar-refractivity contribution is 0.112. The molecule has 0 aromatic heterocycles. The van der Waals surface area contributed by atoms with Gasteiger partial charge in [0, 0.05) is 5.41 Å². The van der Waals surface area contributed by atoms with Crippen LogP contribution in [0.15, 0.2) is 61.7 Å². The number of carboxylic acid groups (broad SMARTS) is 1. The van der Waals surface area contributed by atoms with Gasteiger partial charge in [-0.2, -0.15) is 0 Å². The Balaban J connectivity index is 2.38. The molecule has 0 saturated carbocycles. The molecule has 0 aliphatic heterocycles.